The SMILES string of the molecule is O=C(O)c1ccccc1CN1CCO[C@H](CCc2ccncn2)C1. The van der Waals surface area contributed by atoms with E-state index in [4.69, 9.17) is 4.74 Å². The fourth-order valence-corrected chi connectivity index (χ4v) is 2.98. The number of benzene rings is 1. The van der Waals surface area contributed by atoms with E-state index >= 15 is 0 Å². The lowest BCUT2D eigenvalue weighted by atomic mass is 10.1. The molecule has 2 aromatic rings. The molecule has 0 spiro atoms. The molecule has 1 aromatic carbocycles. The van der Waals surface area contributed by atoms with E-state index in [0.29, 0.717) is 18.7 Å². The summed E-state index contributed by atoms with van der Waals surface area (Å²) in [5, 5.41) is 9.30. The van der Waals surface area contributed by atoms with Crippen molar-refractivity contribution in [3.8, 4) is 0 Å². The van der Waals surface area contributed by atoms with Gasteiger partial charge < -0.3 is 9.84 Å². The van der Waals surface area contributed by atoms with Crippen LogP contribution < -0.4 is 0 Å². The van der Waals surface area contributed by atoms with Crippen LogP contribution in [0.25, 0.3) is 0 Å². The summed E-state index contributed by atoms with van der Waals surface area (Å²) in [4.78, 5) is 21.8. The van der Waals surface area contributed by atoms with Crippen LogP contribution in [-0.4, -0.2) is 51.7 Å². The summed E-state index contributed by atoms with van der Waals surface area (Å²) in [6, 6.07) is 9.11. The third-order valence-corrected chi connectivity index (χ3v) is 4.23. The van der Waals surface area contributed by atoms with Gasteiger partial charge in [-0.1, -0.05) is 18.2 Å². The summed E-state index contributed by atoms with van der Waals surface area (Å²) < 4.78 is 5.84. The molecule has 1 saturated heterocycles. The molecule has 0 bridgehead atoms. The molecule has 0 unspecified atom stereocenters. The van der Waals surface area contributed by atoms with E-state index in [2.05, 4.69) is 14.9 Å². The van der Waals surface area contributed by atoms with E-state index in [0.717, 1.165) is 37.2 Å². The Morgan fingerprint density at radius 1 is 1.33 bits per heavy atom. The average Bonchev–Trinajstić information content (AvgIpc) is 2.61. The number of hydrogen-bond acceptors (Lipinski definition) is 5. The third kappa shape index (κ3) is 4.37. The van der Waals surface area contributed by atoms with Crippen molar-refractivity contribution < 1.29 is 14.6 Å². The summed E-state index contributed by atoms with van der Waals surface area (Å²) in [5.41, 5.74) is 2.24. The second kappa shape index (κ2) is 7.99. The van der Waals surface area contributed by atoms with Crippen molar-refractivity contribution in [2.75, 3.05) is 19.7 Å². The normalized spacial score (nSPS) is 18.4. The van der Waals surface area contributed by atoms with E-state index in [1.54, 1.807) is 24.7 Å². The number of carbonyl (C=O) groups is 1. The minimum Gasteiger partial charge on any atom is -0.478 e. The van der Waals surface area contributed by atoms with Crippen LogP contribution in [-0.2, 0) is 17.7 Å². The Hall–Kier alpha value is -2.31. The van der Waals surface area contributed by atoms with Crippen molar-refractivity contribution in [2.24, 2.45) is 0 Å². The van der Waals surface area contributed by atoms with Gasteiger partial charge in [-0.15, -0.1) is 0 Å². The van der Waals surface area contributed by atoms with Crippen molar-refractivity contribution >= 4 is 5.97 Å². The van der Waals surface area contributed by atoms with Crippen molar-refractivity contribution in [3.05, 3.63) is 59.7 Å². The monoisotopic (exact) mass is 327 g/mol. The van der Waals surface area contributed by atoms with Crippen LogP contribution in [0.15, 0.2) is 42.9 Å². The molecule has 3 rings (SSSR count). The summed E-state index contributed by atoms with van der Waals surface area (Å²) in [7, 11) is 0. The molecule has 6 heteroatoms. The lowest BCUT2D eigenvalue weighted by Crippen LogP contribution is -2.42. The van der Waals surface area contributed by atoms with Crippen LogP contribution >= 0.6 is 0 Å². The number of morpholine rings is 1. The highest BCUT2D eigenvalue weighted by Gasteiger charge is 2.22. The Morgan fingerprint density at radius 2 is 2.21 bits per heavy atom. The summed E-state index contributed by atoms with van der Waals surface area (Å²) in [6.45, 7) is 2.93. The van der Waals surface area contributed by atoms with Gasteiger partial charge in [0.25, 0.3) is 0 Å². The molecule has 6 nitrogen and oxygen atoms in total. The number of aromatic nitrogens is 2. The number of nitrogens with zero attached hydrogens (tertiary/aromatic N) is 3. The maximum absolute atomic E-state index is 11.3. The smallest absolute Gasteiger partial charge is 0.336 e. The fraction of sp³-hybridized carbons (Fsp3) is 0.389. The van der Waals surface area contributed by atoms with Crippen molar-refractivity contribution in [1.82, 2.24) is 14.9 Å². The lowest BCUT2D eigenvalue weighted by Gasteiger charge is -2.33. The van der Waals surface area contributed by atoms with Crippen LogP contribution in [0.5, 0.6) is 0 Å². The molecule has 0 saturated carbocycles. The topological polar surface area (TPSA) is 75.5 Å². The molecular formula is C18H21N3O3. The molecule has 1 atom stereocenters. The molecule has 126 valence electrons. The molecule has 1 aromatic heterocycles. The molecule has 1 aliphatic heterocycles. The second-order valence-electron chi connectivity index (χ2n) is 5.93. The van der Waals surface area contributed by atoms with E-state index in [-0.39, 0.29) is 6.10 Å². The van der Waals surface area contributed by atoms with Gasteiger partial charge in [-0.2, -0.15) is 0 Å². The highest BCUT2D eigenvalue weighted by molar-refractivity contribution is 5.89. The Kier molecular flexibility index (Phi) is 5.51. The minimum atomic E-state index is -0.876. The Bertz CT molecular complexity index is 678. The van der Waals surface area contributed by atoms with Gasteiger partial charge in [0.2, 0.25) is 0 Å². The number of hydrogen-bond donors (Lipinski definition) is 1. The van der Waals surface area contributed by atoms with Crippen molar-refractivity contribution in [3.63, 3.8) is 0 Å². The second-order valence-corrected chi connectivity index (χ2v) is 5.93. The zero-order valence-electron chi connectivity index (χ0n) is 13.5. The molecule has 1 fully saturated rings. The first-order valence-corrected chi connectivity index (χ1v) is 8.12. The van der Waals surface area contributed by atoms with Gasteiger partial charge in [0, 0.05) is 31.5 Å². The zero-order chi connectivity index (χ0) is 16.8. The average molecular weight is 327 g/mol. The van der Waals surface area contributed by atoms with Gasteiger partial charge in [-0.05, 0) is 30.5 Å². The molecular weight excluding hydrogens is 306 g/mol. The maximum atomic E-state index is 11.3. The van der Waals surface area contributed by atoms with E-state index in [1.165, 1.54) is 0 Å². The molecule has 1 aliphatic rings. The predicted octanol–water partition coefficient (Wildman–Crippen LogP) is 2.01. The van der Waals surface area contributed by atoms with Gasteiger partial charge >= 0.3 is 5.97 Å². The Morgan fingerprint density at radius 3 is 3.00 bits per heavy atom. The molecule has 0 radical (unpaired) electrons. The summed E-state index contributed by atoms with van der Waals surface area (Å²) in [5.74, 6) is -0.876. The fourth-order valence-electron chi connectivity index (χ4n) is 2.98. The number of carboxylic acid groups (broad SMARTS) is 1. The zero-order valence-corrected chi connectivity index (χ0v) is 13.5. The highest BCUT2D eigenvalue weighted by atomic mass is 16.5. The van der Waals surface area contributed by atoms with Crippen molar-refractivity contribution in [1.29, 1.82) is 0 Å². The van der Waals surface area contributed by atoms with Crippen LogP contribution in [0.4, 0.5) is 0 Å². The molecule has 24 heavy (non-hydrogen) atoms. The largest absolute Gasteiger partial charge is 0.478 e. The van der Waals surface area contributed by atoms with Crippen LogP contribution in [0.2, 0.25) is 0 Å². The van der Waals surface area contributed by atoms with E-state index < -0.39 is 5.97 Å². The first-order valence-electron chi connectivity index (χ1n) is 8.12. The number of carboxylic acids is 1. The number of ether oxygens (including phenoxy) is 1. The molecule has 2 heterocycles. The highest BCUT2D eigenvalue weighted by Crippen LogP contribution is 2.16. The quantitative estimate of drug-likeness (QED) is 0.875. The van der Waals surface area contributed by atoms with Gasteiger partial charge in [0.15, 0.2) is 0 Å². The van der Waals surface area contributed by atoms with E-state index in [9.17, 15) is 9.90 Å². The van der Waals surface area contributed by atoms with Gasteiger partial charge in [0.1, 0.15) is 6.33 Å². The first-order chi connectivity index (χ1) is 11.7. The lowest BCUT2D eigenvalue weighted by molar-refractivity contribution is -0.0347. The van der Waals surface area contributed by atoms with Crippen LogP contribution in [0, 0.1) is 0 Å². The first kappa shape index (κ1) is 16.5. The third-order valence-electron chi connectivity index (χ3n) is 4.23. The maximum Gasteiger partial charge on any atom is 0.336 e. The summed E-state index contributed by atoms with van der Waals surface area (Å²) >= 11 is 0. The van der Waals surface area contributed by atoms with Gasteiger partial charge in [0.05, 0.1) is 18.3 Å². The van der Waals surface area contributed by atoms with Gasteiger partial charge in [-0.3, -0.25) is 4.90 Å². The van der Waals surface area contributed by atoms with Crippen LogP contribution in [0.1, 0.15) is 28.0 Å². The van der Waals surface area contributed by atoms with Crippen LogP contribution in [0.3, 0.4) is 0 Å². The standard InChI is InChI=1S/C18H21N3O3/c22-18(23)17-4-2-1-3-14(17)11-21-9-10-24-16(12-21)6-5-15-7-8-19-13-20-15/h1-4,7-8,13,16H,5-6,9-12H2,(H,22,23)/t16-/m1/s1. The van der Waals surface area contributed by atoms with E-state index in [1.807, 2.05) is 18.2 Å². The molecule has 1 N–H and O–H groups in total. The number of rotatable bonds is 6. The number of aryl methyl sites for hydroxylation is 1. The molecule has 0 aliphatic carbocycles. The molecule has 0 amide bonds. The predicted molar refractivity (Wildman–Crippen MR) is 88.8 cm³/mol. The Balaban J connectivity index is 1.57. The van der Waals surface area contributed by atoms with Gasteiger partial charge in [-0.25, -0.2) is 14.8 Å². The summed E-state index contributed by atoms with van der Waals surface area (Å²) in [6.07, 6.45) is 5.21. The Labute approximate surface area is 141 Å². The minimum absolute atomic E-state index is 0.144. The van der Waals surface area contributed by atoms with Crippen molar-refractivity contribution in [2.45, 2.75) is 25.5 Å². The number of aromatic carboxylic acids is 1.